The van der Waals surface area contributed by atoms with Crippen molar-refractivity contribution in [2.45, 2.75) is 6.92 Å². The van der Waals surface area contributed by atoms with Gasteiger partial charge in [-0.15, -0.1) is 0 Å². The number of nitrogens with one attached hydrogen (secondary N) is 1. The third-order valence-corrected chi connectivity index (χ3v) is 2.77. The molecule has 0 fully saturated rings. The van der Waals surface area contributed by atoms with Crippen LogP contribution in [0.1, 0.15) is 15.9 Å². The van der Waals surface area contributed by atoms with Crippen LogP contribution in [0.3, 0.4) is 0 Å². The summed E-state index contributed by atoms with van der Waals surface area (Å²) in [5.41, 5.74) is 7.79. The molecule has 2 aromatic rings. The normalized spacial score (nSPS) is 10.1. The molecule has 0 saturated carbocycles. The number of anilines is 2. The Morgan fingerprint density at radius 1 is 1.25 bits per heavy atom. The van der Waals surface area contributed by atoms with E-state index in [4.69, 9.17) is 5.73 Å². The Hall–Kier alpha value is -2.89. The van der Waals surface area contributed by atoms with Crippen LogP contribution in [0.2, 0.25) is 0 Å². The first-order chi connectivity index (χ1) is 9.47. The van der Waals surface area contributed by atoms with Gasteiger partial charge in [0.15, 0.2) is 0 Å². The fraction of sp³-hybridized carbons (Fsp3) is 0.0714. The van der Waals surface area contributed by atoms with Gasteiger partial charge in [-0.05, 0) is 30.7 Å². The van der Waals surface area contributed by atoms with Gasteiger partial charge >= 0.3 is 0 Å². The first kappa shape index (κ1) is 13.5. The summed E-state index contributed by atoms with van der Waals surface area (Å²) in [4.78, 5) is 22.2. The van der Waals surface area contributed by atoms with Gasteiger partial charge in [0.25, 0.3) is 11.6 Å². The Bertz CT molecular complexity index is 683. The van der Waals surface area contributed by atoms with Crippen LogP contribution in [0.15, 0.2) is 42.5 Å². The highest BCUT2D eigenvalue weighted by molar-refractivity contribution is 6.06. The Labute approximate surface area is 115 Å². The molecule has 0 bridgehead atoms. The van der Waals surface area contributed by atoms with Crippen molar-refractivity contribution in [3.8, 4) is 0 Å². The van der Waals surface area contributed by atoms with Gasteiger partial charge in [0.05, 0.1) is 16.3 Å². The molecule has 1 amide bonds. The number of carbonyl (C=O) groups is 1. The highest BCUT2D eigenvalue weighted by Crippen LogP contribution is 2.21. The number of hydrogen-bond acceptors (Lipinski definition) is 4. The molecule has 3 N–H and O–H groups in total. The Balaban J connectivity index is 2.24. The maximum Gasteiger partial charge on any atom is 0.270 e. The smallest absolute Gasteiger partial charge is 0.270 e. The van der Waals surface area contributed by atoms with Crippen molar-refractivity contribution in [2.24, 2.45) is 0 Å². The number of nitrogens with two attached hydrogens (primary N) is 1. The third kappa shape index (κ3) is 2.92. The highest BCUT2D eigenvalue weighted by atomic mass is 16.6. The van der Waals surface area contributed by atoms with Crippen molar-refractivity contribution >= 4 is 23.0 Å². The van der Waals surface area contributed by atoms with E-state index >= 15 is 0 Å². The molecule has 0 unspecified atom stereocenters. The van der Waals surface area contributed by atoms with E-state index in [-0.39, 0.29) is 11.3 Å². The Morgan fingerprint density at radius 2 is 2.00 bits per heavy atom. The second-order valence-electron chi connectivity index (χ2n) is 4.35. The van der Waals surface area contributed by atoms with Gasteiger partial charge in [0.2, 0.25) is 0 Å². The van der Waals surface area contributed by atoms with E-state index < -0.39 is 10.8 Å². The van der Waals surface area contributed by atoms with E-state index in [1.807, 2.05) is 13.0 Å². The molecule has 0 aliphatic rings. The first-order valence-electron chi connectivity index (χ1n) is 5.89. The zero-order chi connectivity index (χ0) is 14.7. The fourth-order valence-corrected chi connectivity index (χ4v) is 1.75. The van der Waals surface area contributed by atoms with Crippen molar-refractivity contribution in [3.05, 3.63) is 63.7 Å². The third-order valence-electron chi connectivity index (χ3n) is 2.77. The minimum Gasteiger partial charge on any atom is -0.397 e. The summed E-state index contributed by atoms with van der Waals surface area (Å²) in [5, 5.41) is 13.3. The van der Waals surface area contributed by atoms with Gasteiger partial charge in [0, 0.05) is 17.7 Å². The number of nitrogens with zero attached hydrogens (tertiary/aromatic N) is 1. The lowest BCUT2D eigenvalue weighted by Crippen LogP contribution is -2.13. The zero-order valence-corrected chi connectivity index (χ0v) is 10.8. The molecule has 20 heavy (non-hydrogen) atoms. The van der Waals surface area contributed by atoms with Crippen LogP contribution in [0.25, 0.3) is 0 Å². The van der Waals surface area contributed by atoms with Crippen LogP contribution in [0.4, 0.5) is 17.1 Å². The summed E-state index contributed by atoms with van der Waals surface area (Å²) < 4.78 is 0. The SMILES string of the molecule is Cc1ccc(NC(=O)c2cccc([N+](=O)[O-])c2)c(N)c1. The van der Waals surface area contributed by atoms with Crippen LogP contribution in [0, 0.1) is 17.0 Å². The van der Waals surface area contributed by atoms with Crippen LogP contribution >= 0.6 is 0 Å². The molecule has 6 heteroatoms. The van der Waals surface area contributed by atoms with E-state index in [1.54, 1.807) is 12.1 Å². The van der Waals surface area contributed by atoms with E-state index in [9.17, 15) is 14.9 Å². The topological polar surface area (TPSA) is 98.3 Å². The van der Waals surface area contributed by atoms with Crippen molar-refractivity contribution in [2.75, 3.05) is 11.1 Å². The van der Waals surface area contributed by atoms with Crippen LogP contribution in [-0.4, -0.2) is 10.8 Å². The lowest BCUT2D eigenvalue weighted by molar-refractivity contribution is -0.384. The molecule has 2 rings (SSSR count). The van der Waals surface area contributed by atoms with Crippen molar-refractivity contribution in [1.29, 1.82) is 0 Å². The van der Waals surface area contributed by atoms with Gasteiger partial charge in [-0.1, -0.05) is 12.1 Å². The molecule has 0 aliphatic heterocycles. The predicted octanol–water partition coefficient (Wildman–Crippen LogP) is 2.74. The summed E-state index contributed by atoms with van der Waals surface area (Å²) >= 11 is 0. The van der Waals surface area contributed by atoms with Crippen LogP contribution in [-0.2, 0) is 0 Å². The molecule has 2 aromatic carbocycles. The minimum atomic E-state index is -0.545. The number of rotatable bonds is 3. The number of hydrogen-bond donors (Lipinski definition) is 2. The predicted molar refractivity (Wildman–Crippen MR) is 76.6 cm³/mol. The molecule has 0 aliphatic carbocycles. The van der Waals surface area contributed by atoms with Crippen molar-refractivity contribution < 1.29 is 9.72 Å². The quantitative estimate of drug-likeness (QED) is 0.509. The molecule has 6 nitrogen and oxygen atoms in total. The number of nitro benzene ring substituents is 1. The van der Waals surface area contributed by atoms with Gasteiger partial charge in [-0.2, -0.15) is 0 Å². The second kappa shape index (κ2) is 5.40. The number of benzene rings is 2. The van der Waals surface area contributed by atoms with Gasteiger partial charge in [-0.3, -0.25) is 14.9 Å². The summed E-state index contributed by atoms with van der Waals surface area (Å²) in [6, 6.07) is 10.8. The summed E-state index contributed by atoms with van der Waals surface area (Å²) in [6.07, 6.45) is 0. The molecule has 0 heterocycles. The van der Waals surface area contributed by atoms with Crippen LogP contribution in [0.5, 0.6) is 0 Å². The van der Waals surface area contributed by atoms with E-state index in [0.29, 0.717) is 11.4 Å². The molecule has 0 aromatic heterocycles. The molecule has 0 atom stereocenters. The summed E-state index contributed by atoms with van der Waals surface area (Å²) in [6.45, 7) is 1.89. The number of carbonyl (C=O) groups excluding carboxylic acids is 1. The Kier molecular flexibility index (Phi) is 3.65. The van der Waals surface area contributed by atoms with Crippen LogP contribution < -0.4 is 11.1 Å². The molecular weight excluding hydrogens is 258 g/mol. The standard InChI is InChI=1S/C14H13N3O3/c1-9-5-6-13(12(15)7-9)16-14(18)10-3-2-4-11(8-10)17(19)20/h2-8H,15H2,1H3,(H,16,18). The average Bonchev–Trinajstić information content (AvgIpc) is 2.42. The van der Waals surface area contributed by atoms with Crippen molar-refractivity contribution in [3.63, 3.8) is 0 Å². The lowest BCUT2D eigenvalue weighted by Gasteiger charge is -2.08. The summed E-state index contributed by atoms with van der Waals surface area (Å²) in [5.74, 6) is -0.441. The second-order valence-corrected chi connectivity index (χ2v) is 4.35. The molecule has 0 saturated heterocycles. The number of amides is 1. The number of non-ortho nitro benzene ring substituents is 1. The highest BCUT2D eigenvalue weighted by Gasteiger charge is 2.12. The van der Waals surface area contributed by atoms with Gasteiger partial charge in [0.1, 0.15) is 0 Å². The summed E-state index contributed by atoms with van der Waals surface area (Å²) in [7, 11) is 0. The number of nitrogen functional groups attached to an aromatic ring is 1. The largest absolute Gasteiger partial charge is 0.397 e. The molecule has 0 spiro atoms. The monoisotopic (exact) mass is 271 g/mol. The average molecular weight is 271 g/mol. The van der Waals surface area contributed by atoms with E-state index in [1.165, 1.54) is 24.3 Å². The minimum absolute atomic E-state index is 0.130. The van der Waals surface area contributed by atoms with Crippen molar-refractivity contribution in [1.82, 2.24) is 0 Å². The van der Waals surface area contributed by atoms with Gasteiger partial charge in [-0.25, -0.2) is 0 Å². The first-order valence-corrected chi connectivity index (χ1v) is 5.89. The number of aryl methyl sites for hydroxylation is 1. The maximum atomic E-state index is 12.0. The van der Waals surface area contributed by atoms with E-state index in [2.05, 4.69) is 5.32 Å². The number of nitro groups is 1. The maximum absolute atomic E-state index is 12.0. The van der Waals surface area contributed by atoms with E-state index in [0.717, 1.165) is 5.56 Å². The zero-order valence-electron chi connectivity index (χ0n) is 10.8. The molecular formula is C14H13N3O3. The van der Waals surface area contributed by atoms with Gasteiger partial charge < -0.3 is 11.1 Å². The fourth-order valence-electron chi connectivity index (χ4n) is 1.75. The lowest BCUT2D eigenvalue weighted by atomic mass is 10.1. The Morgan fingerprint density at radius 3 is 2.65 bits per heavy atom. The molecule has 102 valence electrons. The molecule has 0 radical (unpaired) electrons.